The average molecular weight is 376 g/mol. The number of nitrogens with one attached hydrogen (secondary N) is 2. The van der Waals surface area contributed by atoms with E-state index < -0.39 is 11.2 Å². The van der Waals surface area contributed by atoms with E-state index in [0.29, 0.717) is 10.9 Å². The minimum Gasteiger partial charge on any atom is -0.424 e. The zero-order chi connectivity index (χ0) is 19.3. The molecule has 0 aromatic heterocycles. The number of aryl methyl sites for hydroxylation is 1. The van der Waals surface area contributed by atoms with Crippen molar-refractivity contribution in [3.63, 3.8) is 0 Å². The zero-order valence-corrected chi connectivity index (χ0v) is 15.8. The van der Waals surface area contributed by atoms with Gasteiger partial charge in [-0.3, -0.25) is 14.4 Å². The van der Waals surface area contributed by atoms with Crippen LogP contribution in [-0.2, 0) is 14.4 Å². The van der Waals surface area contributed by atoms with Crippen molar-refractivity contribution in [3.8, 4) is 5.75 Å². The van der Waals surface area contributed by atoms with Crippen molar-refractivity contribution in [1.29, 1.82) is 0 Å². The summed E-state index contributed by atoms with van der Waals surface area (Å²) in [6.07, 6.45) is -0.0439. The van der Waals surface area contributed by atoms with E-state index in [1.807, 2.05) is 6.92 Å². The summed E-state index contributed by atoms with van der Waals surface area (Å²) < 4.78 is 5.09. The van der Waals surface area contributed by atoms with Crippen molar-refractivity contribution in [2.75, 3.05) is 5.32 Å². The third-order valence-corrected chi connectivity index (χ3v) is 4.22. The predicted octanol–water partition coefficient (Wildman–Crippen LogP) is 2.23. The van der Waals surface area contributed by atoms with Crippen molar-refractivity contribution < 1.29 is 19.1 Å². The molecule has 1 aliphatic rings. The predicted molar refractivity (Wildman–Crippen MR) is 101 cm³/mol. The van der Waals surface area contributed by atoms with E-state index in [0.717, 1.165) is 23.0 Å². The maximum absolute atomic E-state index is 12.3. The van der Waals surface area contributed by atoms with Crippen molar-refractivity contribution in [2.24, 2.45) is 10.2 Å². The van der Waals surface area contributed by atoms with Crippen LogP contribution in [-0.4, -0.2) is 33.9 Å². The van der Waals surface area contributed by atoms with Crippen LogP contribution in [0, 0.1) is 6.92 Å². The van der Waals surface area contributed by atoms with Crippen LogP contribution in [0.15, 0.2) is 28.4 Å². The Hall–Kier alpha value is -2.68. The van der Waals surface area contributed by atoms with Gasteiger partial charge in [-0.05, 0) is 38.5 Å². The number of amides is 2. The number of nitrogens with zero attached hydrogens (tertiary/aromatic N) is 2. The molecular weight excluding hydrogens is 356 g/mol. The highest BCUT2D eigenvalue weighted by Crippen LogP contribution is 2.28. The number of anilines is 1. The van der Waals surface area contributed by atoms with Gasteiger partial charge in [0.2, 0.25) is 11.8 Å². The zero-order valence-electron chi connectivity index (χ0n) is 15.0. The number of esters is 1. The molecule has 9 heteroatoms. The number of carbonyl (C=O) groups excluding carboxylic acids is 3. The van der Waals surface area contributed by atoms with Gasteiger partial charge >= 0.3 is 5.97 Å². The van der Waals surface area contributed by atoms with Gasteiger partial charge in [-0.1, -0.05) is 17.8 Å². The van der Waals surface area contributed by atoms with E-state index in [9.17, 15) is 14.4 Å². The number of hydrogen-bond acceptors (Lipinski definition) is 7. The van der Waals surface area contributed by atoms with E-state index in [1.165, 1.54) is 6.92 Å². The Labute approximate surface area is 155 Å². The third-order valence-electron chi connectivity index (χ3n) is 3.15. The minimum atomic E-state index is -0.594. The van der Waals surface area contributed by atoms with Gasteiger partial charge in [0.25, 0.3) is 0 Å². The largest absolute Gasteiger partial charge is 0.424 e. The monoisotopic (exact) mass is 376 g/mol. The van der Waals surface area contributed by atoms with Crippen molar-refractivity contribution >= 4 is 46.1 Å². The molecule has 1 atom stereocenters. The first-order valence-electron chi connectivity index (χ1n) is 7.90. The minimum absolute atomic E-state index is 0.0439. The number of thioether (sulfide) groups is 1. The molecule has 0 bridgehead atoms. The van der Waals surface area contributed by atoms with E-state index >= 15 is 0 Å². The fourth-order valence-corrected chi connectivity index (χ4v) is 3.00. The molecule has 1 aromatic rings. The Morgan fingerprint density at radius 3 is 2.69 bits per heavy atom. The molecule has 1 fully saturated rings. The van der Waals surface area contributed by atoms with Crippen LogP contribution < -0.4 is 15.4 Å². The van der Waals surface area contributed by atoms with E-state index in [-0.39, 0.29) is 24.0 Å². The van der Waals surface area contributed by atoms with Gasteiger partial charge in [0.1, 0.15) is 5.25 Å². The molecule has 2 amide bonds. The number of benzene rings is 1. The lowest BCUT2D eigenvalue weighted by Gasteiger charge is -2.12. The molecule has 2 rings (SSSR count). The van der Waals surface area contributed by atoms with Crippen LogP contribution in [0.2, 0.25) is 0 Å². The van der Waals surface area contributed by atoms with Crippen LogP contribution in [0.4, 0.5) is 5.69 Å². The first kappa shape index (κ1) is 19.6. The van der Waals surface area contributed by atoms with Gasteiger partial charge in [-0.2, -0.15) is 5.10 Å². The lowest BCUT2D eigenvalue weighted by molar-refractivity contribution is -0.132. The highest BCUT2D eigenvalue weighted by Gasteiger charge is 2.32. The van der Waals surface area contributed by atoms with Crippen molar-refractivity contribution in [3.05, 3.63) is 23.8 Å². The Kier molecular flexibility index (Phi) is 6.51. The van der Waals surface area contributed by atoms with Crippen molar-refractivity contribution in [2.45, 2.75) is 39.4 Å². The summed E-state index contributed by atoms with van der Waals surface area (Å²) >= 11 is 1.15. The molecule has 26 heavy (non-hydrogen) atoms. The number of rotatable bonds is 5. The number of amidine groups is 1. The smallest absolute Gasteiger partial charge is 0.308 e. The quantitative estimate of drug-likeness (QED) is 0.354. The second-order valence-electron chi connectivity index (χ2n) is 5.89. The van der Waals surface area contributed by atoms with E-state index in [4.69, 9.17) is 4.74 Å². The number of hydrogen-bond donors (Lipinski definition) is 2. The molecule has 0 unspecified atom stereocenters. The molecule has 0 aliphatic carbocycles. The van der Waals surface area contributed by atoms with Gasteiger partial charge in [-0.15, -0.1) is 5.10 Å². The summed E-state index contributed by atoms with van der Waals surface area (Å²) in [5.41, 5.74) is 2.03. The second kappa shape index (κ2) is 8.61. The fraction of sp³-hybridized carbons (Fsp3) is 0.353. The van der Waals surface area contributed by atoms with Gasteiger partial charge in [-0.25, -0.2) is 0 Å². The molecule has 0 saturated carbocycles. The second-order valence-corrected chi connectivity index (χ2v) is 7.09. The summed E-state index contributed by atoms with van der Waals surface area (Å²) in [5, 5.41) is 12.9. The van der Waals surface area contributed by atoms with Gasteiger partial charge in [0.05, 0.1) is 5.69 Å². The average Bonchev–Trinajstić information content (AvgIpc) is 2.87. The highest BCUT2D eigenvalue weighted by atomic mass is 32.2. The van der Waals surface area contributed by atoms with Crippen molar-refractivity contribution in [1.82, 2.24) is 5.32 Å². The first-order chi connectivity index (χ1) is 12.2. The molecule has 1 heterocycles. The summed E-state index contributed by atoms with van der Waals surface area (Å²) in [6.45, 7) is 6.72. The van der Waals surface area contributed by atoms with E-state index in [1.54, 1.807) is 32.0 Å². The highest BCUT2D eigenvalue weighted by molar-refractivity contribution is 8.15. The fourth-order valence-electron chi connectivity index (χ4n) is 2.09. The first-order valence-corrected chi connectivity index (χ1v) is 8.78. The molecule has 1 aromatic carbocycles. The Morgan fingerprint density at radius 1 is 1.31 bits per heavy atom. The SMILES string of the molecule is CC(=O)Oc1ccc(C)cc1NC(=O)C[C@@H]1S/C(=N/N=C(C)C)NC1=O. The molecule has 1 saturated heterocycles. The third kappa shape index (κ3) is 5.69. The summed E-state index contributed by atoms with van der Waals surface area (Å²) in [5.74, 6) is -0.886. The summed E-state index contributed by atoms with van der Waals surface area (Å²) in [4.78, 5) is 35.5. The van der Waals surface area contributed by atoms with Crippen LogP contribution in [0.25, 0.3) is 0 Å². The molecule has 0 spiro atoms. The molecule has 138 valence electrons. The van der Waals surface area contributed by atoms with Crippen LogP contribution in [0.3, 0.4) is 0 Å². The van der Waals surface area contributed by atoms with Crippen LogP contribution >= 0.6 is 11.8 Å². The number of ether oxygens (including phenoxy) is 1. The maximum Gasteiger partial charge on any atom is 0.308 e. The molecular formula is C17H20N4O4S. The van der Waals surface area contributed by atoms with E-state index in [2.05, 4.69) is 20.8 Å². The lowest BCUT2D eigenvalue weighted by atomic mass is 10.2. The topological polar surface area (TPSA) is 109 Å². The molecule has 1 aliphatic heterocycles. The molecule has 8 nitrogen and oxygen atoms in total. The summed E-state index contributed by atoms with van der Waals surface area (Å²) in [6, 6.07) is 5.08. The van der Waals surface area contributed by atoms with Crippen LogP contribution in [0.5, 0.6) is 5.75 Å². The maximum atomic E-state index is 12.3. The van der Waals surface area contributed by atoms with Gasteiger partial charge in [0, 0.05) is 19.1 Å². The standard InChI is InChI=1S/C17H20N4O4S/c1-9(2)20-21-17-19-16(24)14(26-17)8-15(23)18-12-7-10(3)5-6-13(12)25-11(4)22/h5-7,14H,8H2,1-4H3,(H,18,23)(H,19,21,24)/t14-/m0/s1. The molecule has 2 N–H and O–H groups in total. The Bertz CT molecular complexity index is 800. The number of carbonyl (C=O) groups is 3. The van der Waals surface area contributed by atoms with Gasteiger partial charge < -0.3 is 15.4 Å². The Morgan fingerprint density at radius 2 is 2.04 bits per heavy atom. The normalized spacial score (nSPS) is 17.6. The van der Waals surface area contributed by atoms with Crippen LogP contribution in [0.1, 0.15) is 32.8 Å². The lowest BCUT2D eigenvalue weighted by Crippen LogP contribution is -2.28. The van der Waals surface area contributed by atoms with Gasteiger partial charge in [0.15, 0.2) is 10.9 Å². The summed E-state index contributed by atoms with van der Waals surface area (Å²) in [7, 11) is 0. The molecule has 0 radical (unpaired) electrons. The Balaban J connectivity index is 2.04.